The first-order valence-electron chi connectivity index (χ1n) is 6.29. The van der Waals surface area contributed by atoms with Crippen molar-refractivity contribution in [1.29, 1.82) is 5.26 Å². The van der Waals surface area contributed by atoms with E-state index in [0.717, 1.165) is 11.1 Å². The largest absolute Gasteiger partial charge is 0.495 e. The number of rotatable bonds is 5. The number of nitriles is 1. The van der Waals surface area contributed by atoms with E-state index in [0.29, 0.717) is 27.8 Å². The predicted molar refractivity (Wildman–Crippen MR) is 84.7 cm³/mol. The van der Waals surface area contributed by atoms with Crippen molar-refractivity contribution in [3.05, 3.63) is 64.2 Å². The molecular weight excluding hydrogens is 306 g/mol. The molecule has 108 valence electrons. The molecule has 0 amide bonds. The molecule has 2 rings (SSSR count). The van der Waals surface area contributed by atoms with Crippen molar-refractivity contribution in [3.8, 4) is 11.8 Å². The summed E-state index contributed by atoms with van der Waals surface area (Å²) in [4.78, 5) is 0. The Morgan fingerprint density at radius 1 is 1.14 bits per heavy atom. The quantitative estimate of drug-likeness (QED) is 0.845. The predicted octanol–water partition coefficient (Wildman–Crippen LogP) is 3.67. The van der Waals surface area contributed by atoms with Crippen LogP contribution in [0.4, 0.5) is 0 Å². The van der Waals surface area contributed by atoms with Gasteiger partial charge in [0.25, 0.3) is 0 Å². The smallest absolute Gasteiger partial charge is 0.136 e. The number of nitrogens with zero attached hydrogens (tertiary/aromatic N) is 1. The van der Waals surface area contributed by atoms with Gasteiger partial charge in [-0.15, -0.1) is 0 Å². The first-order valence-corrected chi connectivity index (χ1v) is 8.15. The van der Waals surface area contributed by atoms with Crippen molar-refractivity contribution >= 4 is 22.4 Å². The Morgan fingerprint density at radius 3 is 2.38 bits per heavy atom. The third kappa shape index (κ3) is 4.32. The zero-order chi connectivity index (χ0) is 15.2. The molecule has 0 N–H and O–H groups in total. The molecule has 1 atom stereocenters. The van der Waals surface area contributed by atoms with Crippen molar-refractivity contribution in [1.82, 2.24) is 0 Å². The number of ether oxygens (including phenoxy) is 1. The summed E-state index contributed by atoms with van der Waals surface area (Å²) in [5.41, 5.74) is 2.30. The number of halogens is 1. The van der Waals surface area contributed by atoms with E-state index in [9.17, 15) is 4.21 Å². The average Bonchev–Trinajstić information content (AvgIpc) is 2.49. The van der Waals surface area contributed by atoms with E-state index in [1.165, 1.54) is 7.11 Å². The van der Waals surface area contributed by atoms with E-state index in [2.05, 4.69) is 6.07 Å². The summed E-state index contributed by atoms with van der Waals surface area (Å²) in [7, 11) is 0.482. The first kappa shape index (κ1) is 15.6. The lowest BCUT2D eigenvalue weighted by Crippen LogP contribution is -2.00. The van der Waals surface area contributed by atoms with Gasteiger partial charge in [-0.3, -0.25) is 4.21 Å². The Morgan fingerprint density at radius 2 is 1.76 bits per heavy atom. The maximum atomic E-state index is 12.2. The molecule has 0 aliphatic rings. The highest BCUT2D eigenvalue weighted by atomic mass is 35.5. The highest BCUT2D eigenvalue weighted by molar-refractivity contribution is 7.83. The highest BCUT2D eigenvalue weighted by Gasteiger charge is 2.07. The maximum Gasteiger partial charge on any atom is 0.136 e. The van der Waals surface area contributed by atoms with Gasteiger partial charge in [-0.25, -0.2) is 0 Å². The fourth-order valence-electron chi connectivity index (χ4n) is 1.94. The summed E-state index contributed by atoms with van der Waals surface area (Å²) in [6.07, 6.45) is 0. The van der Waals surface area contributed by atoms with Gasteiger partial charge in [-0.05, 0) is 35.4 Å². The summed E-state index contributed by atoms with van der Waals surface area (Å²) >= 11 is 5.82. The molecule has 0 aliphatic carbocycles. The monoisotopic (exact) mass is 319 g/mol. The zero-order valence-electron chi connectivity index (χ0n) is 11.5. The molecule has 3 nitrogen and oxygen atoms in total. The van der Waals surface area contributed by atoms with Crippen molar-refractivity contribution in [2.45, 2.75) is 11.5 Å². The molecule has 5 heteroatoms. The second-order valence-electron chi connectivity index (χ2n) is 4.50. The molecule has 0 aromatic heterocycles. The SMILES string of the molecule is COc1ccc(CS(=O)Cc2ccc(Cl)cc2)cc1C#N. The summed E-state index contributed by atoms with van der Waals surface area (Å²) < 4.78 is 17.3. The van der Waals surface area contributed by atoms with Crippen LogP contribution in [0, 0.1) is 11.3 Å². The van der Waals surface area contributed by atoms with Crippen LogP contribution in [0.1, 0.15) is 16.7 Å². The molecule has 0 bridgehead atoms. The van der Waals surface area contributed by atoms with Gasteiger partial charge >= 0.3 is 0 Å². The van der Waals surface area contributed by atoms with E-state index in [4.69, 9.17) is 21.6 Å². The molecule has 21 heavy (non-hydrogen) atoms. The van der Waals surface area contributed by atoms with Gasteiger partial charge in [0.05, 0.1) is 12.7 Å². The van der Waals surface area contributed by atoms with Crippen LogP contribution < -0.4 is 4.74 Å². The van der Waals surface area contributed by atoms with E-state index >= 15 is 0 Å². The van der Waals surface area contributed by atoms with Gasteiger partial charge in [0.1, 0.15) is 11.8 Å². The number of benzene rings is 2. The zero-order valence-corrected chi connectivity index (χ0v) is 13.1. The third-order valence-corrected chi connectivity index (χ3v) is 4.52. The number of hydrogen-bond donors (Lipinski definition) is 0. The molecule has 2 aromatic rings. The van der Waals surface area contributed by atoms with Crippen molar-refractivity contribution < 1.29 is 8.95 Å². The lowest BCUT2D eigenvalue weighted by atomic mass is 10.1. The second kappa shape index (κ2) is 7.26. The molecule has 0 spiro atoms. The summed E-state index contributed by atoms with van der Waals surface area (Å²) in [6, 6.07) is 14.7. The summed E-state index contributed by atoms with van der Waals surface area (Å²) in [5, 5.41) is 9.72. The fourth-order valence-corrected chi connectivity index (χ4v) is 3.28. The summed E-state index contributed by atoms with van der Waals surface area (Å²) in [5.74, 6) is 1.40. The molecule has 1 unspecified atom stereocenters. The highest BCUT2D eigenvalue weighted by Crippen LogP contribution is 2.20. The minimum Gasteiger partial charge on any atom is -0.495 e. The molecule has 2 aromatic carbocycles. The molecule has 0 fully saturated rings. The molecule has 0 heterocycles. The Balaban J connectivity index is 2.06. The van der Waals surface area contributed by atoms with Crippen molar-refractivity contribution in [2.24, 2.45) is 0 Å². The number of hydrogen-bond acceptors (Lipinski definition) is 3. The Kier molecular flexibility index (Phi) is 5.38. The van der Waals surface area contributed by atoms with Crippen LogP contribution in [0.5, 0.6) is 5.75 Å². The Bertz CT molecular complexity index is 692. The van der Waals surface area contributed by atoms with Crippen LogP contribution >= 0.6 is 11.6 Å². The minimum absolute atomic E-state index is 0.404. The lowest BCUT2D eigenvalue weighted by molar-refractivity contribution is 0.413. The molecule has 0 saturated carbocycles. The van der Waals surface area contributed by atoms with Gasteiger partial charge in [-0.2, -0.15) is 5.26 Å². The average molecular weight is 320 g/mol. The van der Waals surface area contributed by atoms with Crippen LogP contribution in [0.15, 0.2) is 42.5 Å². The Labute approximate surface area is 131 Å². The second-order valence-corrected chi connectivity index (χ2v) is 6.39. The van der Waals surface area contributed by atoms with E-state index in [1.54, 1.807) is 24.3 Å². The fraction of sp³-hybridized carbons (Fsp3) is 0.188. The van der Waals surface area contributed by atoms with Crippen LogP contribution in [-0.2, 0) is 22.3 Å². The van der Waals surface area contributed by atoms with Crippen LogP contribution in [0.3, 0.4) is 0 Å². The number of methoxy groups -OCH3 is 1. The maximum absolute atomic E-state index is 12.2. The van der Waals surface area contributed by atoms with Crippen molar-refractivity contribution in [2.75, 3.05) is 7.11 Å². The first-order chi connectivity index (χ1) is 10.1. The normalized spacial score (nSPS) is 11.7. The minimum atomic E-state index is -1.04. The van der Waals surface area contributed by atoms with Gasteiger partial charge in [0, 0.05) is 27.3 Å². The third-order valence-electron chi connectivity index (χ3n) is 2.95. The summed E-state index contributed by atoms with van der Waals surface area (Å²) in [6.45, 7) is 0. The topological polar surface area (TPSA) is 50.1 Å². The molecule has 0 radical (unpaired) electrons. The lowest BCUT2D eigenvalue weighted by Gasteiger charge is -2.06. The van der Waals surface area contributed by atoms with Crippen LogP contribution in [0.25, 0.3) is 0 Å². The van der Waals surface area contributed by atoms with Gasteiger partial charge in [0.15, 0.2) is 0 Å². The standard InChI is InChI=1S/C16H14ClNO2S/c1-20-16-7-4-13(8-14(16)9-18)11-21(19)10-12-2-5-15(17)6-3-12/h2-8H,10-11H2,1H3. The van der Waals surface area contributed by atoms with Crippen LogP contribution in [0.2, 0.25) is 5.02 Å². The van der Waals surface area contributed by atoms with Crippen molar-refractivity contribution in [3.63, 3.8) is 0 Å². The molecular formula is C16H14ClNO2S. The van der Waals surface area contributed by atoms with E-state index < -0.39 is 10.8 Å². The Hall–Kier alpha value is -1.83. The molecule has 0 saturated heterocycles. The van der Waals surface area contributed by atoms with Crippen LogP contribution in [-0.4, -0.2) is 11.3 Å². The van der Waals surface area contributed by atoms with Gasteiger partial charge in [-0.1, -0.05) is 29.8 Å². The van der Waals surface area contributed by atoms with E-state index in [1.807, 2.05) is 18.2 Å². The molecule has 0 aliphatic heterocycles. The van der Waals surface area contributed by atoms with E-state index in [-0.39, 0.29) is 0 Å². The van der Waals surface area contributed by atoms with Gasteiger partial charge in [0.2, 0.25) is 0 Å². The van der Waals surface area contributed by atoms with Gasteiger partial charge < -0.3 is 4.74 Å².